The first-order valence-corrected chi connectivity index (χ1v) is 2.80. The molecule has 0 saturated carbocycles. The van der Waals surface area contributed by atoms with Crippen molar-refractivity contribution in [2.75, 3.05) is 7.05 Å². The number of carbonyl (C=O) groups is 1. The fraction of sp³-hybridized carbons (Fsp3) is 0.667. The van der Waals surface area contributed by atoms with Gasteiger partial charge in [-0.2, -0.15) is 6.61 Å². The summed E-state index contributed by atoms with van der Waals surface area (Å²) in [6.07, 6.45) is 0. The number of hydrogen-bond donors (Lipinski definition) is 1. The molecular weight excluding hydrogens is 207 g/mol. The van der Waals surface area contributed by atoms with E-state index in [2.05, 4.69) is 0 Å². The molecule has 3 nitrogen and oxygen atoms in total. The van der Waals surface area contributed by atoms with Crippen molar-refractivity contribution in [3.05, 3.63) is 6.61 Å². The first-order chi connectivity index (χ1) is 4.09. The number of carbonyl (C=O) groups excluding carboxylic acids is 1. The quantitative estimate of drug-likeness (QED) is 0.682. The Hall–Kier alpha value is 0.534. The van der Waals surface area contributed by atoms with Gasteiger partial charge in [0.25, 0.3) is 0 Å². The Balaban J connectivity index is 0. The van der Waals surface area contributed by atoms with Crippen molar-refractivity contribution in [1.82, 2.24) is 4.90 Å². The maximum Gasteiger partial charge on any atom is 0.217 e. The Kier molecular flexibility index (Phi) is 8.23. The molecule has 0 heterocycles. The number of nitrogens with zero attached hydrogens (tertiary/aromatic N) is 1. The zero-order chi connectivity index (χ0) is 7.44. The molecular formula is C6H12NO2Y-. The predicted octanol–water partition coefficient (Wildman–Crippen LogP) is 0.385. The van der Waals surface area contributed by atoms with Crippen molar-refractivity contribution in [2.45, 2.75) is 19.9 Å². The number of amides is 1. The SMILES string of the molecule is CC(=O)N(C)C(C)[CH-]O.[Y]. The minimum absolute atomic E-state index is 0. The Morgan fingerprint density at radius 2 is 2.10 bits per heavy atom. The Morgan fingerprint density at radius 3 is 2.20 bits per heavy atom. The standard InChI is InChI=1S/C6H12NO2.Y/c1-5(4-8)7(3)6(2)9;/h4-5,8H,1-3H3;/q-1;. The first kappa shape index (κ1) is 13.1. The summed E-state index contributed by atoms with van der Waals surface area (Å²) in [6, 6.07) is -0.192. The van der Waals surface area contributed by atoms with Gasteiger partial charge in [0.15, 0.2) is 0 Å². The van der Waals surface area contributed by atoms with Crippen LogP contribution in [0.25, 0.3) is 0 Å². The summed E-state index contributed by atoms with van der Waals surface area (Å²) < 4.78 is 0. The van der Waals surface area contributed by atoms with E-state index in [1.165, 1.54) is 11.8 Å². The Labute approximate surface area is 86.7 Å². The number of aliphatic hydroxyl groups excluding tert-OH is 1. The van der Waals surface area contributed by atoms with Gasteiger partial charge in [-0.25, -0.2) is 0 Å². The molecule has 1 atom stereocenters. The summed E-state index contributed by atoms with van der Waals surface area (Å²) >= 11 is 0. The first-order valence-electron chi connectivity index (χ1n) is 2.80. The van der Waals surface area contributed by atoms with Crippen molar-refractivity contribution in [1.29, 1.82) is 0 Å². The molecule has 0 aliphatic carbocycles. The number of hydrogen-bond acceptors (Lipinski definition) is 2. The van der Waals surface area contributed by atoms with Crippen LogP contribution < -0.4 is 0 Å². The van der Waals surface area contributed by atoms with Crippen LogP contribution in [0.5, 0.6) is 0 Å². The molecule has 0 bridgehead atoms. The third-order valence-corrected chi connectivity index (χ3v) is 1.32. The Bertz CT molecular complexity index is 108. The number of likely N-dealkylation sites (N-methyl/N-ethyl adjacent to an activating group) is 1. The molecule has 1 radical (unpaired) electrons. The number of rotatable bonds is 2. The van der Waals surface area contributed by atoms with Gasteiger partial charge in [0, 0.05) is 46.7 Å². The average Bonchev–Trinajstić information content (AvgIpc) is 1.84. The fourth-order valence-electron chi connectivity index (χ4n) is 0.387. The second kappa shape index (κ2) is 6.26. The molecule has 0 aliphatic rings. The van der Waals surface area contributed by atoms with E-state index in [0.29, 0.717) is 0 Å². The van der Waals surface area contributed by atoms with E-state index in [-0.39, 0.29) is 44.7 Å². The fourth-order valence-corrected chi connectivity index (χ4v) is 0.387. The summed E-state index contributed by atoms with van der Waals surface area (Å²) in [5, 5.41) is 8.44. The van der Waals surface area contributed by atoms with Crippen molar-refractivity contribution >= 4 is 5.91 Å². The van der Waals surface area contributed by atoms with E-state index < -0.39 is 0 Å². The zero-order valence-corrected chi connectivity index (χ0v) is 9.37. The maximum absolute atomic E-state index is 10.5. The molecule has 1 amide bonds. The molecule has 1 N–H and O–H groups in total. The number of aliphatic hydroxyl groups is 1. The second-order valence-corrected chi connectivity index (χ2v) is 2.02. The zero-order valence-electron chi connectivity index (χ0n) is 6.53. The normalized spacial score (nSPS) is 11.6. The molecule has 0 aromatic carbocycles. The largest absolute Gasteiger partial charge is 0.564 e. The second-order valence-electron chi connectivity index (χ2n) is 2.02. The van der Waals surface area contributed by atoms with Crippen LogP contribution in [-0.2, 0) is 37.5 Å². The van der Waals surface area contributed by atoms with Crippen LogP contribution in [0.3, 0.4) is 0 Å². The van der Waals surface area contributed by atoms with Gasteiger partial charge in [0.2, 0.25) is 5.91 Å². The van der Waals surface area contributed by atoms with Gasteiger partial charge >= 0.3 is 0 Å². The minimum Gasteiger partial charge on any atom is -0.564 e. The van der Waals surface area contributed by atoms with E-state index in [0.717, 1.165) is 6.61 Å². The van der Waals surface area contributed by atoms with Gasteiger partial charge in [0.05, 0.1) is 0 Å². The smallest absolute Gasteiger partial charge is 0.217 e. The van der Waals surface area contributed by atoms with Crippen molar-refractivity contribution in [3.8, 4) is 0 Å². The van der Waals surface area contributed by atoms with Gasteiger partial charge in [0.1, 0.15) is 0 Å². The van der Waals surface area contributed by atoms with E-state index >= 15 is 0 Å². The van der Waals surface area contributed by atoms with Gasteiger partial charge in [-0.15, -0.1) is 0 Å². The van der Waals surface area contributed by atoms with Crippen LogP contribution in [-0.4, -0.2) is 29.0 Å². The van der Waals surface area contributed by atoms with E-state index in [9.17, 15) is 4.79 Å². The summed E-state index contributed by atoms with van der Waals surface area (Å²) in [5.74, 6) is -0.0483. The van der Waals surface area contributed by atoms with Crippen LogP contribution in [0.1, 0.15) is 13.8 Å². The molecule has 4 heteroatoms. The summed E-state index contributed by atoms with van der Waals surface area (Å²) in [4.78, 5) is 12.0. The van der Waals surface area contributed by atoms with Crippen LogP contribution in [0.15, 0.2) is 0 Å². The third-order valence-electron chi connectivity index (χ3n) is 1.32. The summed E-state index contributed by atoms with van der Waals surface area (Å²) in [7, 11) is 1.64. The molecule has 10 heavy (non-hydrogen) atoms. The monoisotopic (exact) mass is 219 g/mol. The molecule has 0 aliphatic heterocycles. The van der Waals surface area contributed by atoms with Gasteiger partial charge in [-0.1, -0.05) is 13.0 Å². The molecule has 0 aromatic heterocycles. The van der Waals surface area contributed by atoms with E-state index in [1.807, 2.05) is 0 Å². The van der Waals surface area contributed by atoms with Crippen molar-refractivity contribution < 1.29 is 42.6 Å². The minimum atomic E-state index is -0.192. The molecule has 1 unspecified atom stereocenters. The topological polar surface area (TPSA) is 40.5 Å². The van der Waals surface area contributed by atoms with Crippen LogP contribution in [0.4, 0.5) is 0 Å². The molecule has 0 rings (SSSR count). The van der Waals surface area contributed by atoms with Crippen LogP contribution in [0.2, 0.25) is 0 Å². The molecule has 57 valence electrons. The molecule has 0 fully saturated rings. The predicted molar refractivity (Wildman–Crippen MR) is 34.1 cm³/mol. The van der Waals surface area contributed by atoms with Gasteiger partial charge < -0.3 is 10.0 Å². The van der Waals surface area contributed by atoms with Crippen molar-refractivity contribution in [3.63, 3.8) is 0 Å². The van der Waals surface area contributed by atoms with E-state index in [4.69, 9.17) is 5.11 Å². The summed E-state index contributed by atoms with van der Waals surface area (Å²) in [5.41, 5.74) is 0. The molecule has 0 saturated heterocycles. The molecule has 0 spiro atoms. The molecule has 0 aromatic rings. The van der Waals surface area contributed by atoms with Crippen molar-refractivity contribution in [2.24, 2.45) is 0 Å². The van der Waals surface area contributed by atoms with E-state index in [1.54, 1.807) is 14.0 Å². The summed E-state index contributed by atoms with van der Waals surface area (Å²) in [6.45, 7) is 4.18. The Morgan fingerprint density at radius 1 is 1.70 bits per heavy atom. The van der Waals surface area contributed by atoms with Gasteiger partial charge in [-0.05, 0) is 0 Å². The van der Waals surface area contributed by atoms with Gasteiger partial charge in [-0.3, -0.25) is 4.79 Å². The average molecular weight is 219 g/mol. The third kappa shape index (κ3) is 4.37. The maximum atomic E-state index is 10.5. The van der Waals surface area contributed by atoms with Crippen LogP contribution >= 0.6 is 0 Å². The van der Waals surface area contributed by atoms with Crippen LogP contribution in [0, 0.1) is 6.61 Å².